The molecule has 156 valence electrons. The van der Waals surface area contributed by atoms with Crippen LogP contribution in [0, 0.1) is 0 Å². The average Bonchev–Trinajstić information content (AvgIpc) is 3.34. The number of likely N-dealkylation sites (tertiary alicyclic amines) is 1. The van der Waals surface area contributed by atoms with E-state index in [0.29, 0.717) is 44.7 Å². The number of carbonyl (C=O) groups is 2. The zero-order valence-electron chi connectivity index (χ0n) is 17.3. The van der Waals surface area contributed by atoms with E-state index < -0.39 is 0 Å². The van der Waals surface area contributed by atoms with Crippen LogP contribution in [0.4, 0.5) is 0 Å². The molecule has 4 rings (SSSR count). The molecule has 1 unspecified atom stereocenters. The van der Waals surface area contributed by atoms with Crippen molar-refractivity contribution < 1.29 is 9.59 Å². The Morgan fingerprint density at radius 2 is 1.97 bits per heavy atom. The Kier molecular flexibility index (Phi) is 5.64. The molecule has 2 aliphatic rings. The van der Waals surface area contributed by atoms with Gasteiger partial charge in [0.05, 0.1) is 6.04 Å². The highest BCUT2D eigenvalue weighted by atomic mass is 16.2. The second kappa shape index (κ2) is 8.34. The fourth-order valence-corrected chi connectivity index (χ4v) is 4.42. The number of piperidine rings is 1. The highest BCUT2D eigenvalue weighted by molar-refractivity contribution is 5.92. The quantitative estimate of drug-likeness (QED) is 0.780. The Bertz CT molecular complexity index is 887. The molecule has 0 saturated carbocycles. The van der Waals surface area contributed by atoms with Crippen molar-refractivity contribution in [1.82, 2.24) is 34.3 Å². The zero-order chi connectivity index (χ0) is 20.4. The molecule has 0 aromatic carbocycles. The number of rotatable bonds is 4. The van der Waals surface area contributed by atoms with Gasteiger partial charge < -0.3 is 14.4 Å². The first-order valence-corrected chi connectivity index (χ1v) is 10.7. The molecule has 29 heavy (non-hydrogen) atoms. The topological polar surface area (TPSA) is 89.2 Å². The summed E-state index contributed by atoms with van der Waals surface area (Å²) in [5.74, 6) is 1.94. The van der Waals surface area contributed by atoms with Crippen LogP contribution < -0.4 is 0 Å². The highest BCUT2D eigenvalue weighted by Gasteiger charge is 2.33. The normalized spacial score (nSPS) is 19.7. The first-order valence-electron chi connectivity index (χ1n) is 10.7. The zero-order valence-corrected chi connectivity index (χ0v) is 17.3. The molecule has 2 amide bonds. The van der Waals surface area contributed by atoms with E-state index in [1.165, 1.54) is 0 Å². The summed E-state index contributed by atoms with van der Waals surface area (Å²) in [4.78, 5) is 29.3. The Morgan fingerprint density at radius 1 is 1.10 bits per heavy atom. The molecule has 2 aliphatic heterocycles. The number of fused-ring (bicyclic) bond motifs is 1. The number of amides is 2. The molecule has 9 nitrogen and oxygen atoms in total. The van der Waals surface area contributed by atoms with Crippen LogP contribution in [0.1, 0.15) is 67.7 Å². The monoisotopic (exact) mass is 399 g/mol. The lowest BCUT2D eigenvalue weighted by molar-refractivity contribution is -0.135. The summed E-state index contributed by atoms with van der Waals surface area (Å²) in [5.41, 5.74) is 0.623. The van der Waals surface area contributed by atoms with Crippen molar-refractivity contribution >= 4 is 11.8 Å². The third-order valence-electron chi connectivity index (χ3n) is 6.00. The number of hydrogen-bond acceptors (Lipinski definition) is 5. The predicted molar refractivity (Wildman–Crippen MR) is 106 cm³/mol. The van der Waals surface area contributed by atoms with Gasteiger partial charge in [0.1, 0.15) is 11.5 Å². The summed E-state index contributed by atoms with van der Waals surface area (Å²) in [6.07, 6.45) is 5.88. The van der Waals surface area contributed by atoms with Gasteiger partial charge in [0.25, 0.3) is 5.91 Å². The smallest absolute Gasteiger partial charge is 0.272 e. The number of aryl methyl sites for hydroxylation is 1. The Balaban J connectivity index is 1.54. The summed E-state index contributed by atoms with van der Waals surface area (Å²) in [7, 11) is 0. The second-order valence-electron chi connectivity index (χ2n) is 7.65. The standard InChI is InChI=1S/C20H29N7O2/c1-3-18(28)25-11-6-5-7-15(25)19-23-22-17-9-12-24(13-14-26(17)19)20(29)16-8-10-21-27(16)4-2/h8,10,15H,3-7,9,11-14H2,1-2H3. The van der Waals surface area contributed by atoms with Crippen molar-refractivity contribution in [1.29, 1.82) is 0 Å². The van der Waals surface area contributed by atoms with Crippen LogP contribution in [0.15, 0.2) is 12.3 Å². The maximum absolute atomic E-state index is 13.0. The van der Waals surface area contributed by atoms with E-state index in [0.717, 1.165) is 37.5 Å². The van der Waals surface area contributed by atoms with E-state index >= 15 is 0 Å². The molecule has 0 N–H and O–H groups in total. The van der Waals surface area contributed by atoms with Crippen LogP contribution in [0.2, 0.25) is 0 Å². The van der Waals surface area contributed by atoms with Crippen LogP contribution in [0.5, 0.6) is 0 Å². The SMILES string of the molecule is CCC(=O)N1CCCCC1c1nnc2n1CCN(C(=O)c1ccnn1CC)CC2. The summed E-state index contributed by atoms with van der Waals surface area (Å²) in [5, 5.41) is 13.1. The van der Waals surface area contributed by atoms with Crippen LogP contribution in [-0.2, 0) is 24.3 Å². The molecule has 2 aromatic rings. The van der Waals surface area contributed by atoms with Crippen molar-refractivity contribution in [2.45, 2.75) is 65.1 Å². The number of hydrogen-bond donors (Lipinski definition) is 0. The van der Waals surface area contributed by atoms with Crippen molar-refractivity contribution in [2.24, 2.45) is 0 Å². The summed E-state index contributed by atoms with van der Waals surface area (Å²) in [6.45, 7) is 7.18. The predicted octanol–water partition coefficient (Wildman–Crippen LogP) is 1.66. The minimum absolute atomic E-state index is 0.00469. The van der Waals surface area contributed by atoms with E-state index in [-0.39, 0.29) is 17.9 Å². The van der Waals surface area contributed by atoms with Gasteiger partial charge in [0.2, 0.25) is 5.91 Å². The maximum atomic E-state index is 13.0. The molecule has 1 saturated heterocycles. The molecule has 0 aliphatic carbocycles. The van der Waals surface area contributed by atoms with Crippen LogP contribution in [-0.4, -0.2) is 65.8 Å². The second-order valence-corrected chi connectivity index (χ2v) is 7.65. The fraction of sp³-hybridized carbons (Fsp3) is 0.650. The Hall–Kier alpha value is -2.71. The molecule has 0 radical (unpaired) electrons. The summed E-state index contributed by atoms with van der Waals surface area (Å²) >= 11 is 0. The van der Waals surface area contributed by atoms with Gasteiger partial charge in [-0.25, -0.2) is 0 Å². The molecule has 0 spiro atoms. The van der Waals surface area contributed by atoms with Gasteiger partial charge in [-0.1, -0.05) is 6.92 Å². The van der Waals surface area contributed by atoms with Crippen molar-refractivity contribution in [2.75, 3.05) is 19.6 Å². The van der Waals surface area contributed by atoms with Gasteiger partial charge >= 0.3 is 0 Å². The number of nitrogens with zero attached hydrogens (tertiary/aromatic N) is 7. The molecule has 0 bridgehead atoms. The van der Waals surface area contributed by atoms with Gasteiger partial charge in [-0.05, 0) is 32.3 Å². The van der Waals surface area contributed by atoms with Gasteiger partial charge in [-0.2, -0.15) is 5.10 Å². The number of carbonyl (C=O) groups excluding carboxylic acids is 2. The molecular weight excluding hydrogens is 370 g/mol. The first kappa shape index (κ1) is 19.6. The summed E-state index contributed by atoms with van der Waals surface area (Å²) < 4.78 is 3.87. The van der Waals surface area contributed by atoms with E-state index in [1.807, 2.05) is 23.6 Å². The molecule has 9 heteroatoms. The van der Waals surface area contributed by atoms with E-state index in [2.05, 4.69) is 19.9 Å². The molecule has 1 atom stereocenters. The third kappa shape index (κ3) is 3.65. The van der Waals surface area contributed by atoms with Crippen LogP contribution >= 0.6 is 0 Å². The van der Waals surface area contributed by atoms with Crippen molar-refractivity contribution in [3.8, 4) is 0 Å². The average molecular weight is 399 g/mol. The van der Waals surface area contributed by atoms with Gasteiger partial charge in [0.15, 0.2) is 5.82 Å². The van der Waals surface area contributed by atoms with Crippen molar-refractivity contribution in [3.05, 3.63) is 29.6 Å². The molecule has 2 aromatic heterocycles. The van der Waals surface area contributed by atoms with Crippen molar-refractivity contribution in [3.63, 3.8) is 0 Å². The largest absolute Gasteiger partial charge is 0.335 e. The molecular formula is C20H29N7O2. The minimum Gasteiger partial charge on any atom is -0.335 e. The maximum Gasteiger partial charge on any atom is 0.272 e. The lowest BCUT2D eigenvalue weighted by atomic mass is 10.0. The van der Waals surface area contributed by atoms with Gasteiger partial charge in [-0.15, -0.1) is 10.2 Å². The third-order valence-corrected chi connectivity index (χ3v) is 6.00. The molecule has 1 fully saturated rings. The van der Waals surface area contributed by atoms with Gasteiger partial charge in [-0.3, -0.25) is 14.3 Å². The van der Waals surface area contributed by atoms with E-state index in [4.69, 9.17) is 0 Å². The highest BCUT2D eigenvalue weighted by Crippen LogP contribution is 2.31. The van der Waals surface area contributed by atoms with Crippen LogP contribution in [0.25, 0.3) is 0 Å². The minimum atomic E-state index is -0.0128. The lowest BCUT2D eigenvalue weighted by Crippen LogP contribution is -2.39. The molecule has 4 heterocycles. The van der Waals surface area contributed by atoms with Crippen LogP contribution in [0.3, 0.4) is 0 Å². The van der Waals surface area contributed by atoms with E-state index in [9.17, 15) is 9.59 Å². The number of aromatic nitrogens is 5. The first-order chi connectivity index (χ1) is 14.1. The Labute approximate surface area is 170 Å². The Morgan fingerprint density at radius 3 is 2.76 bits per heavy atom. The fourth-order valence-electron chi connectivity index (χ4n) is 4.42. The van der Waals surface area contributed by atoms with E-state index in [1.54, 1.807) is 16.9 Å². The summed E-state index contributed by atoms with van der Waals surface area (Å²) in [6, 6.07) is 1.76. The lowest BCUT2D eigenvalue weighted by Gasteiger charge is -2.35. The van der Waals surface area contributed by atoms with Gasteiger partial charge in [0, 0.05) is 51.8 Å².